The number of hydrogen-bond donors (Lipinski definition) is 7. The molecule has 6 N–H and O–H groups in total. The summed E-state index contributed by atoms with van der Waals surface area (Å²) in [7, 11) is -14.5. The van der Waals surface area contributed by atoms with Crippen LogP contribution in [0.15, 0.2) is 281 Å². The van der Waals surface area contributed by atoms with Crippen LogP contribution in [0.2, 0.25) is 0 Å². The second-order valence-corrected chi connectivity index (χ2v) is 51.2. The second kappa shape index (κ2) is 51.5. The Morgan fingerprint density at radius 1 is 0.468 bits per heavy atom. The number of aliphatic hydroxyl groups excluding tert-OH is 2. The molecule has 3 atom stereocenters. The van der Waals surface area contributed by atoms with Crippen LogP contribution in [0.1, 0.15) is 158 Å². The van der Waals surface area contributed by atoms with Crippen LogP contribution in [0.5, 0.6) is 0 Å². The summed E-state index contributed by atoms with van der Waals surface area (Å²) in [6, 6.07) is 78.5. The molecule has 0 aliphatic carbocycles. The summed E-state index contributed by atoms with van der Waals surface area (Å²) in [5.74, 6) is 3.76. The number of carbonyl (C=O) groups excluding carboxylic acids is 5. The number of benzene rings is 11. The number of thioether (sulfide) groups is 4. The number of rotatable bonds is 38. The molecule has 3 unspecified atom stereocenters. The molecule has 1 aliphatic rings. The molecular formula is C107H111N9O12P4S9. The molecule has 0 amide bonds. The van der Waals surface area contributed by atoms with Gasteiger partial charge in [-0.25, -0.2) is 9.97 Å². The molecule has 34 heteroatoms. The molecular weight excluding hydrogens is 2020 g/mol. The fraction of sp³-hybridized carbons (Fsp3) is 0.243. The van der Waals surface area contributed by atoms with Gasteiger partial charge in [0.2, 0.25) is 42.8 Å². The van der Waals surface area contributed by atoms with Crippen LogP contribution >= 0.6 is 136 Å². The minimum Gasteiger partial charge on any atom is -0.390 e. The van der Waals surface area contributed by atoms with Crippen LogP contribution in [0, 0.1) is 82.6 Å². The number of unbranched alkanes of at least 4 members (excludes halogenated alkanes) is 1. The van der Waals surface area contributed by atoms with Crippen LogP contribution in [-0.2, 0) is 57.7 Å². The van der Waals surface area contributed by atoms with Crippen molar-refractivity contribution in [3.63, 3.8) is 0 Å². The number of aromatic amines is 4. The first-order valence-corrected chi connectivity index (χ1v) is 59.0. The first kappa shape index (κ1) is 110. The third-order valence-electron chi connectivity index (χ3n) is 23.3. The van der Waals surface area contributed by atoms with Crippen molar-refractivity contribution in [3.8, 4) is 0 Å². The number of Topliss-reactive ketones (excluding diaryl/α,β-unsaturated/α-hetero) is 1. The number of thiol groups is 1. The van der Waals surface area contributed by atoms with E-state index < -0.39 is 46.5 Å². The summed E-state index contributed by atoms with van der Waals surface area (Å²) in [4.78, 5) is 80.2. The first-order chi connectivity index (χ1) is 67.6. The van der Waals surface area contributed by atoms with Crippen LogP contribution in [-0.4, -0.2) is 120 Å². The number of aliphatic hydroxyl groups is 2. The minimum atomic E-state index is -3.81. The molecule has 14 aromatic rings. The number of H-pyrrole nitrogens is 4. The van der Waals surface area contributed by atoms with Gasteiger partial charge >= 0.3 is 7.37 Å². The Balaban J connectivity index is 0.000000169. The van der Waals surface area contributed by atoms with Gasteiger partial charge in [0.15, 0.2) is 13.5 Å². The summed E-state index contributed by atoms with van der Waals surface area (Å²) in [6.07, 6.45) is 3.05. The molecule has 0 bridgehead atoms. The molecule has 0 fully saturated rings. The van der Waals surface area contributed by atoms with Gasteiger partial charge in [0.1, 0.15) is 21.3 Å². The zero-order chi connectivity index (χ0) is 101. The Labute approximate surface area is 865 Å². The molecule has 730 valence electrons. The number of hydrogen-bond acceptors (Lipinski definition) is 26. The monoisotopic (exact) mass is 2130 g/mol. The Morgan fingerprint density at radius 3 is 1.26 bits per heavy atom. The third kappa shape index (κ3) is 27.8. The fourth-order valence-electron chi connectivity index (χ4n) is 16.7. The molecule has 0 spiro atoms. The van der Waals surface area contributed by atoms with Crippen LogP contribution in [0.4, 0.5) is 0 Å². The first-order valence-electron chi connectivity index (χ1n) is 45.5. The highest BCUT2D eigenvalue weighted by Gasteiger charge is 2.43. The van der Waals surface area contributed by atoms with E-state index in [1.54, 1.807) is 158 Å². The van der Waals surface area contributed by atoms with Crippen molar-refractivity contribution < 1.29 is 57.0 Å². The highest BCUT2D eigenvalue weighted by atomic mass is 32.2. The van der Waals surface area contributed by atoms with Crippen molar-refractivity contribution in [2.45, 2.75) is 154 Å². The lowest BCUT2D eigenvalue weighted by molar-refractivity contribution is -0.116. The van der Waals surface area contributed by atoms with E-state index in [1.165, 1.54) is 34.9 Å². The number of aromatic nitrogens is 7. The van der Waals surface area contributed by atoms with E-state index in [2.05, 4.69) is 58.2 Å². The van der Waals surface area contributed by atoms with Crippen molar-refractivity contribution in [2.24, 2.45) is 10.2 Å². The summed E-state index contributed by atoms with van der Waals surface area (Å²) in [5.41, 5.74) is 13.5. The van der Waals surface area contributed by atoms with Crippen molar-refractivity contribution in [1.29, 1.82) is 0 Å². The van der Waals surface area contributed by atoms with Crippen molar-refractivity contribution >= 4 is 212 Å². The maximum absolute atomic E-state index is 14.6. The van der Waals surface area contributed by atoms with Crippen LogP contribution < -0.4 is 37.1 Å². The van der Waals surface area contributed by atoms with Gasteiger partial charge in [-0.1, -0.05) is 290 Å². The van der Waals surface area contributed by atoms with Crippen molar-refractivity contribution in [1.82, 2.24) is 35.3 Å². The summed E-state index contributed by atoms with van der Waals surface area (Å²) >= 11 is 26.6. The normalized spacial score (nSPS) is 12.8. The molecule has 0 saturated heterocycles. The zero-order valence-electron chi connectivity index (χ0n) is 79.9. The quantitative estimate of drug-likeness (QED) is 0.00472. The standard InChI is InChI=1S/C31H32N5O2PS2.C27H25N2O2PS2.C26H29O4PS2.C23H25N2O4PS3/c1-21-17-23(20-41-28-19-24(33-35-28)11-9-10-16-27-32-31(40)36-34-27)18-22(2)29(21)30(37)39(38,25-12-5-3-6-13-25)26-14-7-4-8-15-26;1-18-14-21(17-34-27-28-20(3)16-24(33)29-27)15-19(2)25(18)26(30)32(31,22-10-6-4-7-11-22)23-12-8-5-9-13-23;1-18-13-20(16-33-17-24(28)23(27)15-32)14-19(2)25(18)26(29)31(30,21-9-5-3-6-10-21)22-11-7-4-8-12-22;1-5-29-30(28,18-9-7-6-8-10-18)21(27)20-15(3)11-14(2)19(16(20)4)12-17(26)13-32-23-25-24-22(31)33-23/h3-8,12-15,17-18H,9-11,16,19-20H2,1-2H3,(H2,32,34,36,40);4-16H,17H2,1-3H3,(H,28,29,33);3-14,23-24,27-28,32H,15-17H2,1-2H3;6-11H,5,12-13H2,1-4H3,(H,24,31). The van der Waals surface area contributed by atoms with Gasteiger partial charge < -0.3 is 33.4 Å². The molecule has 15 rings (SSSR count). The van der Waals surface area contributed by atoms with Gasteiger partial charge in [-0.05, 0) is 210 Å². The predicted molar refractivity (Wildman–Crippen MR) is 595 cm³/mol. The lowest BCUT2D eigenvalue weighted by Crippen LogP contribution is -2.29. The smallest absolute Gasteiger partial charge is 0.300 e. The second-order valence-electron chi connectivity index (χ2n) is 33.8. The van der Waals surface area contributed by atoms with Crippen molar-refractivity contribution in [3.05, 3.63) is 380 Å². The molecule has 1 aliphatic heterocycles. The molecule has 11 aromatic carbocycles. The summed E-state index contributed by atoms with van der Waals surface area (Å²) in [5, 5.41) is 46.3. The molecule has 3 aromatic heterocycles. The van der Waals surface area contributed by atoms with E-state index >= 15 is 0 Å². The topological polar surface area (TPSA) is 330 Å². The molecule has 0 saturated carbocycles. The summed E-state index contributed by atoms with van der Waals surface area (Å²) < 4.78 is 65.3. The van der Waals surface area contributed by atoms with E-state index in [1.807, 2.05) is 203 Å². The average molecular weight is 2130 g/mol. The lowest BCUT2D eigenvalue weighted by atomic mass is 9.91. The average Bonchev–Trinajstić information content (AvgIpc) is 1.04. The van der Waals surface area contributed by atoms with Gasteiger partial charge in [0, 0.05) is 119 Å². The Bertz CT molecular complexity index is 7100. The molecule has 21 nitrogen and oxygen atoms in total. The van der Waals surface area contributed by atoms with E-state index in [0.717, 1.165) is 126 Å². The maximum Gasteiger partial charge on any atom is 0.300 e. The SMILES string of the molecule is CCOP(=O)(C(=O)c1c(C)cc(C)c(CC(=O)CSc2n[nH]c(=S)s2)c1C)c1ccccc1.Cc1cc(=S)nc(SCc2cc(C)c(C(=O)P(=O)(c3ccccc3)c3ccccc3)c(C)c2)[nH]1.Cc1cc(CSC2=NN=C(CCCCc3nc(=S)[nH][nH]3)C2)cc(C)c1C(=O)P(=O)(c1ccccc1)c1ccccc1.Cc1cc(CSCC(O)C(O)CS)cc(C)c1C(=O)P(=O)(c1ccccc1)c1ccccc1. The van der Waals surface area contributed by atoms with E-state index in [-0.39, 0.29) is 46.9 Å². The van der Waals surface area contributed by atoms with E-state index in [4.69, 9.17) is 41.2 Å². The predicted octanol–water partition coefficient (Wildman–Crippen LogP) is 23.7. The Hall–Kier alpha value is -9.90. The maximum atomic E-state index is 14.6. The van der Waals surface area contributed by atoms with Gasteiger partial charge in [-0.2, -0.15) is 34.6 Å². The van der Waals surface area contributed by atoms with E-state index in [0.29, 0.717) is 105 Å². The Morgan fingerprint density at radius 2 is 0.872 bits per heavy atom. The number of nitrogens with zero attached hydrogens (tertiary/aromatic N) is 5. The zero-order valence-corrected chi connectivity index (χ0v) is 90.9. The molecule has 141 heavy (non-hydrogen) atoms. The number of ketones is 1. The van der Waals surface area contributed by atoms with E-state index in [9.17, 15) is 52.4 Å². The van der Waals surface area contributed by atoms with Gasteiger partial charge in [0.25, 0.3) is 5.52 Å². The molecule has 4 heterocycles. The third-order valence-corrected chi connectivity index (χ3v) is 40.4. The number of aryl methyl sites for hydroxylation is 10. The number of carbonyl (C=O) groups is 5. The highest BCUT2D eigenvalue weighted by molar-refractivity contribution is 8.13. The van der Waals surface area contributed by atoms with Crippen molar-refractivity contribution in [2.75, 3.05) is 23.9 Å². The van der Waals surface area contributed by atoms with Gasteiger partial charge in [-0.3, -0.25) is 43.8 Å². The largest absolute Gasteiger partial charge is 0.390 e. The Kier molecular flexibility index (Phi) is 40.2. The van der Waals surface area contributed by atoms with Crippen LogP contribution in [0.3, 0.4) is 0 Å². The van der Waals surface area contributed by atoms with Crippen LogP contribution in [0.25, 0.3) is 0 Å². The summed E-state index contributed by atoms with van der Waals surface area (Å²) in [6.45, 7) is 20.8. The molecule has 0 radical (unpaired) electrons. The van der Waals surface area contributed by atoms with Gasteiger partial charge in [0.05, 0.1) is 24.6 Å². The highest BCUT2D eigenvalue weighted by Crippen LogP contribution is 2.53. The minimum absolute atomic E-state index is 0.00520. The number of nitrogens with one attached hydrogen (secondary N) is 4. The lowest BCUT2D eigenvalue weighted by Gasteiger charge is -2.21. The van der Waals surface area contributed by atoms with Gasteiger partial charge in [-0.15, -0.1) is 16.9 Å². The fourth-order valence-corrected chi connectivity index (χ4v) is 32.0.